The fourth-order valence-electron chi connectivity index (χ4n) is 4.89. The largest absolute Gasteiger partial charge is 0.444 e. The summed E-state index contributed by atoms with van der Waals surface area (Å²) in [7, 11) is 0. The van der Waals surface area contributed by atoms with Crippen LogP contribution in [0.15, 0.2) is 0 Å². The molecule has 8 nitrogen and oxygen atoms in total. The predicted molar refractivity (Wildman–Crippen MR) is 111 cm³/mol. The van der Waals surface area contributed by atoms with Gasteiger partial charge in [0.15, 0.2) is 0 Å². The average Bonchev–Trinajstić information content (AvgIpc) is 3.08. The fraction of sp³-hybridized carbons (Fsp3) is 0.909. The number of aliphatic hydroxyl groups excluding tert-OH is 2. The summed E-state index contributed by atoms with van der Waals surface area (Å²) in [6.45, 7) is 12.6. The molecule has 8 heteroatoms. The Bertz CT molecular complexity index is 599. The Kier molecular flexibility index (Phi) is 6.31. The minimum Gasteiger partial charge on any atom is -0.444 e. The van der Waals surface area contributed by atoms with Gasteiger partial charge in [0, 0.05) is 13.1 Å². The van der Waals surface area contributed by atoms with E-state index in [4.69, 9.17) is 9.47 Å². The summed E-state index contributed by atoms with van der Waals surface area (Å²) in [6, 6.07) is 0.0275. The van der Waals surface area contributed by atoms with Crippen LogP contribution in [0.2, 0.25) is 0 Å². The standard InChI is InChI=1S/2C11H19NO3/c2*1-11(2,3)15-10(14)12-5-4-7-6-8(13)9(7)12/h2*7-9,13H,4-6H2,1-3H3/t2*7-,8+,9-/m10/s1. The number of hydrogen-bond acceptors (Lipinski definition) is 6. The zero-order chi connectivity index (χ0) is 22.4. The number of rotatable bonds is 0. The van der Waals surface area contributed by atoms with Crippen molar-refractivity contribution in [2.75, 3.05) is 13.1 Å². The Hall–Kier alpha value is -1.54. The van der Waals surface area contributed by atoms with Crippen molar-refractivity contribution in [3.05, 3.63) is 0 Å². The first-order valence-electron chi connectivity index (χ1n) is 11.1. The molecule has 4 fully saturated rings. The van der Waals surface area contributed by atoms with Gasteiger partial charge in [0.05, 0.1) is 24.3 Å². The van der Waals surface area contributed by atoms with E-state index in [1.807, 2.05) is 41.5 Å². The molecule has 2 aliphatic heterocycles. The van der Waals surface area contributed by atoms with Gasteiger partial charge < -0.3 is 29.5 Å². The Labute approximate surface area is 179 Å². The number of carbonyl (C=O) groups excluding carboxylic acids is 2. The predicted octanol–water partition coefficient (Wildman–Crippen LogP) is 2.75. The topological polar surface area (TPSA) is 99.5 Å². The van der Waals surface area contributed by atoms with Crippen LogP contribution in [0.5, 0.6) is 0 Å². The highest BCUT2D eigenvalue weighted by atomic mass is 16.6. The highest BCUT2D eigenvalue weighted by Gasteiger charge is 2.51. The van der Waals surface area contributed by atoms with Gasteiger partial charge in [-0.05, 0) is 79.1 Å². The lowest BCUT2D eigenvalue weighted by Crippen LogP contribution is -2.54. The lowest BCUT2D eigenvalue weighted by Gasteiger charge is -2.41. The Morgan fingerprint density at radius 2 is 1.07 bits per heavy atom. The van der Waals surface area contributed by atoms with Crippen molar-refractivity contribution in [2.45, 2.75) is 103 Å². The summed E-state index contributed by atoms with van der Waals surface area (Å²) >= 11 is 0. The van der Waals surface area contributed by atoms with Gasteiger partial charge in [-0.3, -0.25) is 0 Å². The molecule has 4 aliphatic rings. The summed E-state index contributed by atoms with van der Waals surface area (Å²) in [5.74, 6) is 0.986. The number of ether oxygens (including phenoxy) is 2. The van der Waals surface area contributed by atoms with Gasteiger partial charge in [0.1, 0.15) is 11.2 Å². The Morgan fingerprint density at radius 1 is 0.733 bits per heavy atom. The van der Waals surface area contributed by atoms with Gasteiger partial charge in [-0.1, -0.05) is 0 Å². The molecular formula is C22H38N2O6. The molecule has 0 spiro atoms. The van der Waals surface area contributed by atoms with Gasteiger partial charge in [-0.25, -0.2) is 9.59 Å². The molecule has 2 saturated carbocycles. The van der Waals surface area contributed by atoms with E-state index in [2.05, 4.69) is 0 Å². The highest BCUT2D eigenvalue weighted by molar-refractivity contribution is 5.70. The first-order chi connectivity index (χ1) is 13.8. The molecule has 0 bridgehead atoms. The number of carbonyl (C=O) groups is 2. The summed E-state index contributed by atoms with van der Waals surface area (Å²) in [4.78, 5) is 26.9. The zero-order valence-electron chi connectivity index (χ0n) is 19.1. The second-order valence-corrected chi connectivity index (χ2v) is 11.0. The molecule has 2 aliphatic carbocycles. The van der Waals surface area contributed by atoms with E-state index >= 15 is 0 Å². The molecule has 2 amide bonds. The van der Waals surface area contributed by atoms with Crippen molar-refractivity contribution in [2.24, 2.45) is 11.8 Å². The SMILES string of the molecule is CC(C)(C)OC(=O)N1CC[C@@H]2C[C@H](O)[C@@H]21.CC(C)(C)OC(=O)N1CC[C@H]2C[C@@H](O)[C@H]21. The first-order valence-corrected chi connectivity index (χ1v) is 11.1. The van der Waals surface area contributed by atoms with Gasteiger partial charge in [0.2, 0.25) is 0 Å². The van der Waals surface area contributed by atoms with Gasteiger partial charge >= 0.3 is 12.2 Å². The summed E-state index contributed by atoms with van der Waals surface area (Å²) in [5.41, 5.74) is -0.909. The van der Waals surface area contributed by atoms with E-state index < -0.39 is 11.2 Å². The monoisotopic (exact) mass is 426 g/mol. The third-order valence-corrected chi connectivity index (χ3v) is 6.30. The number of likely N-dealkylation sites (tertiary alicyclic amines) is 2. The highest BCUT2D eigenvalue weighted by Crippen LogP contribution is 2.42. The van der Waals surface area contributed by atoms with E-state index in [1.54, 1.807) is 9.80 Å². The summed E-state index contributed by atoms with van der Waals surface area (Å²) in [6.07, 6.45) is 2.42. The van der Waals surface area contributed by atoms with Crippen molar-refractivity contribution in [3.63, 3.8) is 0 Å². The van der Waals surface area contributed by atoms with Crippen LogP contribution in [-0.2, 0) is 9.47 Å². The van der Waals surface area contributed by atoms with Crippen molar-refractivity contribution in [1.29, 1.82) is 0 Å². The quantitative estimate of drug-likeness (QED) is 0.618. The number of aliphatic hydroxyl groups is 2. The zero-order valence-corrected chi connectivity index (χ0v) is 19.1. The summed E-state index contributed by atoms with van der Waals surface area (Å²) in [5, 5.41) is 19.2. The maximum absolute atomic E-state index is 11.8. The second kappa shape index (κ2) is 8.19. The van der Waals surface area contributed by atoms with E-state index in [0.29, 0.717) is 11.8 Å². The van der Waals surface area contributed by atoms with Gasteiger partial charge in [0.25, 0.3) is 0 Å². The molecule has 0 aromatic heterocycles. The van der Waals surface area contributed by atoms with Crippen LogP contribution in [0.1, 0.15) is 67.2 Å². The van der Waals surface area contributed by atoms with Crippen molar-refractivity contribution >= 4 is 12.2 Å². The number of amides is 2. The van der Waals surface area contributed by atoms with Gasteiger partial charge in [-0.15, -0.1) is 0 Å². The third kappa shape index (κ3) is 5.02. The average molecular weight is 427 g/mol. The van der Waals surface area contributed by atoms with Crippen molar-refractivity contribution < 1.29 is 29.3 Å². The number of hydrogen-bond donors (Lipinski definition) is 2. The van der Waals surface area contributed by atoms with Crippen LogP contribution in [0, 0.1) is 11.8 Å². The molecule has 0 radical (unpaired) electrons. The van der Waals surface area contributed by atoms with Crippen molar-refractivity contribution in [1.82, 2.24) is 9.80 Å². The van der Waals surface area contributed by atoms with Crippen LogP contribution in [0.4, 0.5) is 9.59 Å². The van der Waals surface area contributed by atoms with Crippen LogP contribution in [0.3, 0.4) is 0 Å². The third-order valence-electron chi connectivity index (χ3n) is 6.30. The molecule has 30 heavy (non-hydrogen) atoms. The summed E-state index contributed by atoms with van der Waals surface area (Å²) < 4.78 is 10.6. The van der Waals surface area contributed by atoms with E-state index in [9.17, 15) is 19.8 Å². The fourth-order valence-corrected chi connectivity index (χ4v) is 4.89. The van der Waals surface area contributed by atoms with Gasteiger partial charge in [-0.2, -0.15) is 0 Å². The molecule has 0 aromatic carbocycles. The number of nitrogens with zero attached hydrogens (tertiary/aromatic N) is 2. The smallest absolute Gasteiger partial charge is 0.410 e. The minimum atomic E-state index is -0.454. The first kappa shape index (κ1) is 23.1. The van der Waals surface area contributed by atoms with E-state index in [-0.39, 0.29) is 36.5 Å². The maximum Gasteiger partial charge on any atom is 0.410 e. The van der Waals surface area contributed by atoms with Crippen LogP contribution in [-0.4, -0.2) is 80.8 Å². The lowest BCUT2D eigenvalue weighted by molar-refractivity contribution is -0.0417. The lowest BCUT2D eigenvalue weighted by atomic mass is 9.77. The molecule has 0 aromatic rings. The molecular weight excluding hydrogens is 388 g/mol. The molecule has 172 valence electrons. The Balaban J connectivity index is 0.000000171. The molecule has 0 unspecified atom stereocenters. The normalized spacial score (nSPS) is 34.7. The molecule has 2 saturated heterocycles. The van der Waals surface area contributed by atoms with Crippen molar-refractivity contribution in [3.8, 4) is 0 Å². The molecule has 6 atom stereocenters. The molecule has 2 heterocycles. The van der Waals surface area contributed by atoms with Crippen LogP contribution in [0.25, 0.3) is 0 Å². The molecule has 4 rings (SSSR count). The van der Waals surface area contributed by atoms with E-state index in [0.717, 1.165) is 38.8 Å². The van der Waals surface area contributed by atoms with Crippen LogP contribution >= 0.6 is 0 Å². The van der Waals surface area contributed by atoms with Crippen LogP contribution < -0.4 is 0 Å². The number of fused-ring (bicyclic) bond motifs is 2. The van der Waals surface area contributed by atoms with E-state index in [1.165, 1.54) is 0 Å². The second-order valence-electron chi connectivity index (χ2n) is 11.0. The Morgan fingerprint density at radius 3 is 1.33 bits per heavy atom. The maximum atomic E-state index is 11.8. The minimum absolute atomic E-state index is 0.0137. The molecule has 2 N–H and O–H groups in total.